The highest BCUT2D eigenvalue weighted by Gasteiger charge is 2.41. The molecule has 0 saturated carbocycles. The number of carbonyl (C=O) groups is 2. The van der Waals surface area contributed by atoms with Crippen LogP contribution >= 0.6 is 0 Å². The second-order valence-electron chi connectivity index (χ2n) is 4.64. The van der Waals surface area contributed by atoms with E-state index < -0.39 is 11.6 Å². The van der Waals surface area contributed by atoms with Gasteiger partial charge in [-0.05, 0) is 43.5 Å². The molecule has 1 aliphatic carbocycles. The van der Waals surface area contributed by atoms with Gasteiger partial charge in [-0.1, -0.05) is 0 Å². The van der Waals surface area contributed by atoms with Crippen molar-refractivity contribution in [2.75, 3.05) is 0 Å². The predicted molar refractivity (Wildman–Crippen MR) is 64.0 cm³/mol. The molecule has 0 spiro atoms. The topological polar surface area (TPSA) is 67.2 Å². The molecule has 0 aliphatic heterocycles. The Morgan fingerprint density at radius 1 is 1.50 bits per heavy atom. The molecule has 1 aliphatic rings. The molecule has 1 unspecified atom stereocenters. The van der Waals surface area contributed by atoms with Crippen LogP contribution in [0.4, 0.5) is 0 Å². The maximum atomic E-state index is 12.3. The van der Waals surface area contributed by atoms with Crippen molar-refractivity contribution in [3.63, 3.8) is 0 Å². The lowest BCUT2D eigenvalue weighted by Crippen LogP contribution is -2.43. The van der Waals surface area contributed by atoms with Crippen molar-refractivity contribution in [1.29, 1.82) is 5.26 Å². The molecule has 0 amide bonds. The van der Waals surface area contributed by atoms with Gasteiger partial charge in [0, 0.05) is 12.5 Å². The third-order valence-corrected chi connectivity index (χ3v) is 3.20. The monoisotopic (exact) mass is 243 g/mol. The number of ketones is 1. The van der Waals surface area contributed by atoms with Crippen molar-refractivity contribution in [2.24, 2.45) is 0 Å². The summed E-state index contributed by atoms with van der Waals surface area (Å²) in [6.07, 6.45) is 1.08. The minimum atomic E-state index is -1.08. The van der Waals surface area contributed by atoms with Crippen LogP contribution in [0, 0.1) is 11.3 Å². The molecule has 4 heteroatoms. The van der Waals surface area contributed by atoms with Crippen molar-refractivity contribution in [3.05, 3.63) is 34.9 Å². The van der Waals surface area contributed by atoms with E-state index in [-0.39, 0.29) is 5.78 Å². The molecule has 1 aromatic carbocycles. The number of nitrogens with zero attached hydrogens (tertiary/aromatic N) is 1. The zero-order valence-electron chi connectivity index (χ0n) is 10.3. The second-order valence-corrected chi connectivity index (χ2v) is 4.64. The number of nitriles is 1. The summed E-state index contributed by atoms with van der Waals surface area (Å²) in [5.41, 5.74) is 0.859. The molecule has 1 aromatic rings. The van der Waals surface area contributed by atoms with E-state index in [0.29, 0.717) is 24.0 Å². The molecule has 18 heavy (non-hydrogen) atoms. The van der Waals surface area contributed by atoms with E-state index in [0.717, 1.165) is 5.56 Å². The van der Waals surface area contributed by atoms with Crippen LogP contribution in [0.25, 0.3) is 0 Å². The normalized spacial score (nSPS) is 21.9. The third kappa shape index (κ3) is 2.00. The first-order valence-corrected chi connectivity index (χ1v) is 5.74. The Hall–Kier alpha value is -2.15. The third-order valence-electron chi connectivity index (χ3n) is 3.20. The molecule has 1 atom stereocenters. The summed E-state index contributed by atoms with van der Waals surface area (Å²) in [6.45, 7) is 2.94. The van der Waals surface area contributed by atoms with Crippen LogP contribution in [-0.2, 0) is 16.0 Å². The van der Waals surface area contributed by atoms with Crippen molar-refractivity contribution in [2.45, 2.75) is 32.3 Å². The molecule has 2 rings (SSSR count). The van der Waals surface area contributed by atoms with Crippen molar-refractivity contribution < 1.29 is 14.3 Å². The Bertz CT molecular complexity index is 571. The van der Waals surface area contributed by atoms with Gasteiger partial charge < -0.3 is 4.74 Å². The smallest absolute Gasteiger partial charge is 0.303 e. The van der Waals surface area contributed by atoms with E-state index in [4.69, 9.17) is 10.00 Å². The first-order valence-electron chi connectivity index (χ1n) is 5.74. The molecule has 92 valence electrons. The van der Waals surface area contributed by atoms with Gasteiger partial charge in [0.2, 0.25) is 5.78 Å². The predicted octanol–water partition coefficient (Wildman–Crippen LogP) is 2.01. The number of hydrogen-bond acceptors (Lipinski definition) is 4. The largest absolute Gasteiger partial charge is 0.451 e. The zero-order chi connectivity index (χ0) is 13.3. The number of esters is 1. The number of fused-ring (bicyclic) bond motifs is 1. The molecule has 0 heterocycles. The summed E-state index contributed by atoms with van der Waals surface area (Å²) in [4.78, 5) is 23.4. The molecule has 0 bridgehead atoms. The minimum absolute atomic E-state index is 0.191. The van der Waals surface area contributed by atoms with Crippen LogP contribution < -0.4 is 0 Å². The lowest BCUT2D eigenvalue weighted by molar-refractivity contribution is -0.151. The van der Waals surface area contributed by atoms with Gasteiger partial charge in [-0.3, -0.25) is 9.59 Å². The van der Waals surface area contributed by atoms with Gasteiger partial charge in [0.15, 0.2) is 5.60 Å². The Morgan fingerprint density at radius 3 is 2.83 bits per heavy atom. The van der Waals surface area contributed by atoms with E-state index in [1.165, 1.54) is 6.92 Å². The van der Waals surface area contributed by atoms with Crippen LogP contribution in [-0.4, -0.2) is 17.4 Å². The van der Waals surface area contributed by atoms with Gasteiger partial charge in [0.25, 0.3) is 0 Å². The van der Waals surface area contributed by atoms with E-state index in [1.807, 2.05) is 6.07 Å². The van der Waals surface area contributed by atoms with Crippen molar-refractivity contribution in [1.82, 2.24) is 0 Å². The average Bonchev–Trinajstić information content (AvgIpc) is 2.33. The molecule has 0 radical (unpaired) electrons. The first-order chi connectivity index (χ1) is 8.46. The van der Waals surface area contributed by atoms with Crippen molar-refractivity contribution >= 4 is 11.8 Å². The number of Topliss-reactive ketones (excluding diaryl/α,β-unsaturated/α-hetero) is 1. The number of ether oxygens (including phenoxy) is 1. The van der Waals surface area contributed by atoms with Gasteiger partial charge >= 0.3 is 5.97 Å². The van der Waals surface area contributed by atoms with Crippen molar-refractivity contribution in [3.8, 4) is 6.07 Å². The van der Waals surface area contributed by atoms with E-state index >= 15 is 0 Å². The maximum Gasteiger partial charge on any atom is 0.303 e. The lowest BCUT2D eigenvalue weighted by atomic mass is 9.80. The highest BCUT2D eigenvalue weighted by atomic mass is 16.6. The van der Waals surface area contributed by atoms with Gasteiger partial charge in [0.1, 0.15) is 0 Å². The molecule has 0 N–H and O–H groups in total. The molecular weight excluding hydrogens is 230 g/mol. The van der Waals surface area contributed by atoms with Crippen LogP contribution in [0.5, 0.6) is 0 Å². The van der Waals surface area contributed by atoms with Crippen LogP contribution in [0.2, 0.25) is 0 Å². The zero-order valence-corrected chi connectivity index (χ0v) is 10.3. The van der Waals surface area contributed by atoms with Gasteiger partial charge in [-0.2, -0.15) is 5.26 Å². The molecule has 0 aromatic heterocycles. The summed E-state index contributed by atoms with van der Waals surface area (Å²) in [7, 11) is 0. The fourth-order valence-corrected chi connectivity index (χ4v) is 2.28. The van der Waals surface area contributed by atoms with Gasteiger partial charge in [0.05, 0.1) is 11.6 Å². The molecule has 4 nitrogen and oxygen atoms in total. The molecule has 0 fully saturated rings. The summed E-state index contributed by atoms with van der Waals surface area (Å²) in [5, 5.41) is 8.82. The van der Waals surface area contributed by atoms with Crippen LogP contribution in [0.1, 0.15) is 41.8 Å². The average molecular weight is 243 g/mol. The summed E-state index contributed by atoms with van der Waals surface area (Å²) in [6, 6.07) is 7.01. The molecular formula is C14H13NO3. The number of carbonyl (C=O) groups excluding carboxylic acids is 2. The maximum absolute atomic E-state index is 12.3. The first kappa shape index (κ1) is 12.3. The second kappa shape index (κ2) is 4.26. The summed E-state index contributed by atoms with van der Waals surface area (Å²) in [5.74, 6) is -0.647. The minimum Gasteiger partial charge on any atom is -0.451 e. The summed E-state index contributed by atoms with van der Waals surface area (Å²) >= 11 is 0. The standard InChI is InChI=1S/C14H13NO3/c1-9(16)18-14(2)6-5-11-7-10(8-15)3-4-12(11)13(14)17/h3-4,7H,5-6H2,1-2H3. The summed E-state index contributed by atoms with van der Waals surface area (Å²) < 4.78 is 5.15. The number of benzene rings is 1. The Kier molecular flexibility index (Phi) is 2.92. The highest BCUT2D eigenvalue weighted by molar-refractivity contribution is 6.05. The Labute approximate surface area is 105 Å². The van der Waals surface area contributed by atoms with Crippen LogP contribution in [0.3, 0.4) is 0 Å². The number of aryl methyl sites for hydroxylation is 1. The van der Waals surface area contributed by atoms with Crippen LogP contribution in [0.15, 0.2) is 18.2 Å². The van der Waals surface area contributed by atoms with Gasteiger partial charge in [-0.15, -0.1) is 0 Å². The fourth-order valence-electron chi connectivity index (χ4n) is 2.28. The van der Waals surface area contributed by atoms with E-state index in [9.17, 15) is 9.59 Å². The SMILES string of the molecule is CC(=O)OC1(C)CCc2cc(C#N)ccc2C1=O. The quantitative estimate of drug-likeness (QED) is 0.707. The lowest BCUT2D eigenvalue weighted by Gasteiger charge is -2.32. The Balaban J connectivity index is 2.40. The Morgan fingerprint density at radius 2 is 2.22 bits per heavy atom. The highest BCUT2D eigenvalue weighted by Crippen LogP contribution is 2.31. The molecule has 0 saturated heterocycles. The van der Waals surface area contributed by atoms with Gasteiger partial charge in [-0.25, -0.2) is 0 Å². The van der Waals surface area contributed by atoms with E-state index in [2.05, 4.69) is 0 Å². The van der Waals surface area contributed by atoms with E-state index in [1.54, 1.807) is 25.1 Å². The number of hydrogen-bond donors (Lipinski definition) is 0. The number of rotatable bonds is 1. The fraction of sp³-hybridized carbons (Fsp3) is 0.357.